The first-order valence-corrected chi connectivity index (χ1v) is 9.44. The van der Waals surface area contributed by atoms with Gasteiger partial charge < -0.3 is 14.2 Å². The topological polar surface area (TPSA) is 86.0 Å². The van der Waals surface area contributed by atoms with Gasteiger partial charge in [-0.2, -0.15) is 13.2 Å². The first-order valence-electron chi connectivity index (χ1n) is 8.66. The lowest BCUT2D eigenvalue weighted by molar-refractivity contribution is -0.148. The second kappa shape index (κ2) is 7.43. The zero-order valence-electron chi connectivity index (χ0n) is 15.1. The normalized spacial score (nSPS) is 16.6. The highest BCUT2D eigenvalue weighted by molar-refractivity contribution is 7.05. The average Bonchev–Trinajstić information content (AvgIpc) is 3.34. The summed E-state index contributed by atoms with van der Waals surface area (Å²) in [6, 6.07) is 8.39. The van der Waals surface area contributed by atoms with Crippen LogP contribution in [0.4, 0.5) is 13.2 Å². The van der Waals surface area contributed by atoms with Crippen molar-refractivity contribution in [1.29, 1.82) is 0 Å². The Morgan fingerprint density at radius 1 is 1.21 bits per heavy atom. The van der Waals surface area contributed by atoms with E-state index in [0.29, 0.717) is 10.6 Å². The van der Waals surface area contributed by atoms with Gasteiger partial charge in [0.25, 0.3) is 5.91 Å². The molecule has 8 nitrogen and oxygen atoms in total. The van der Waals surface area contributed by atoms with Crippen molar-refractivity contribution in [3.8, 4) is 5.75 Å². The number of alkyl halides is 3. The van der Waals surface area contributed by atoms with Gasteiger partial charge in [-0.1, -0.05) is 22.7 Å². The van der Waals surface area contributed by atoms with E-state index in [1.54, 1.807) is 19.1 Å². The molecule has 0 bridgehead atoms. The van der Waals surface area contributed by atoms with Crippen LogP contribution < -0.4 is 4.74 Å². The van der Waals surface area contributed by atoms with E-state index in [1.807, 2.05) is 18.2 Å². The third kappa shape index (κ3) is 3.67. The second-order valence-electron chi connectivity index (χ2n) is 6.35. The highest BCUT2D eigenvalue weighted by atomic mass is 32.1. The molecule has 1 atom stereocenters. The summed E-state index contributed by atoms with van der Waals surface area (Å²) in [5.74, 6) is -0.764. The molecule has 3 aromatic rings. The molecule has 3 heterocycles. The molecule has 0 saturated heterocycles. The summed E-state index contributed by atoms with van der Waals surface area (Å²) in [5, 5.41) is 10.8. The summed E-state index contributed by atoms with van der Waals surface area (Å²) >= 11 is 1.04. The van der Waals surface area contributed by atoms with Crippen molar-refractivity contribution in [2.45, 2.75) is 32.3 Å². The number of nitrogens with zero attached hydrogens (tertiary/aromatic N) is 6. The smallest absolute Gasteiger partial charge is 0.451 e. The first-order chi connectivity index (χ1) is 13.9. The number of amides is 1. The molecule has 0 fully saturated rings. The monoisotopic (exact) mass is 424 g/mol. The van der Waals surface area contributed by atoms with E-state index < -0.39 is 23.9 Å². The molecular weight excluding hydrogens is 409 g/mol. The zero-order chi connectivity index (χ0) is 20.6. The Bertz CT molecular complexity index is 1020. The number of carbonyl (C=O) groups excluding carboxylic acids is 1. The van der Waals surface area contributed by atoms with Gasteiger partial charge in [0.15, 0.2) is 11.5 Å². The summed E-state index contributed by atoms with van der Waals surface area (Å²) in [5.41, 5.74) is 0.127. The fraction of sp³-hybridized carbons (Fsp3) is 0.353. The van der Waals surface area contributed by atoms with Crippen LogP contribution >= 0.6 is 11.5 Å². The zero-order valence-corrected chi connectivity index (χ0v) is 15.9. The molecule has 0 saturated carbocycles. The van der Waals surface area contributed by atoms with Gasteiger partial charge in [-0.3, -0.25) is 4.79 Å². The number of ether oxygens (including phenoxy) is 1. The fourth-order valence-corrected chi connectivity index (χ4v) is 3.69. The van der Waals surface area contributed by atoms with E-state index in [4.69, 9.17) is 4.74 Å². The molecule has 0 N–H and O–H groups in total. The summed E-state index contributed by atoms with van der Waals surface area (Å²) < 4.78 is 49.7. The summed E-state index contributed by atoms with van der Waals surface area (Å²) in [7, 11) is 0. The highest BCUT2D eigenvalue weighted by Gasteiger charge is 2.42. The minimum absolute atomic E-state index is 0.0549. The lowest BCUT2D eigenvalue weighted by Gasteiger charge is -2.33. The third-order valence-electron chi connectivity index (χ3n) is 4.57. The van der Waals surface area contributed by atoms with Gasteiger partial charge in [0.2, 0.25) is 5.82 Å². The van der Waals surface area contributed by atoms with E-state index >= 15 is 0 Å². The molecule has 1 aromatic carbocycles. The van der Waals surface area contributed by atoms with Gasteiger partial charge in [-0.05, 0) is 30.6 Å². The first kappa shape index (κ1) is 19.3. The number of aromatic nitrogens is 5. The summed E-state index contributed by atoms with van der Waals surface area (Å²) in [6.07, 6.45) is -4.60. The number of hydrogen-bond acceptors (Lipinski definition) is 7. The standard InChI is InChI=1S/C17H15F3N6O2S/c1-10-14-22-23-16(17(18,19)20)26(14)8-7-25(10)15(27)13-12(29-24-21-13)9-28-11-5-3-2-4-6-11/h2-6,10H,7-9H2,1H3. The van der Waals surface area contributed by atoms with Crippen LogP contribution in [-0.4, -0.2) is 41.7 Å². The van der Waals surface area contributed by atoms with E-state index in [0.717, 1.165) is 16.1 Å². The number of fused-ring (bicyclic) bond motifs is 1. The van der Waals surface area contributed by atoms with Gasteiger partial charge >= 0.3 is 6.18 Å². The maximum Gasteiger partial charge on any atom is 0.451 e. The molecular formula is C17H15F3N6O2S. The number of hydrogen-bond donors (Lipinski definition) is 0. The van der Waals surface area contributed by atoms with Crippen molar-refractivity contribution in [2.75, 3.05) is 6.54 Å². The van der Waals surface area contributed by atoms with E-state index in [-0.39, 0.29) is 31.2 Å². The minimum atomic E-state index is -4.60. The molecule has 1 unspecified atom stereocenters. The van der Waals surface area contributed by atoms with E-state index in [1.165, 1.54) is 4.90 Å². The molecule has 0 aliphatic carbocycles. The second-order valence-corrected chi connectivity index (χ2v) is 7.19. The fourth-order valence-electron chi connectivity index (χ4n) is 3.14. The maximum atomic E-state index is 13.1. The number of carbonyl (C=O) groups is 1. The number of rotatable bonds is 4. The maximum absolute atomic E-state index is 13.1. The Kier molecular flexibility index (Phi) is 4.94. The number of halogens is 3. The Labute approximate surface area is 167 Å². The van der Waals surface area contributed by atoms with Gasteiger partial charge in [-0.15, -0.1) is 15.3 Å². The van der Waals surface area contributed by atoms with Crippen molar-refractivity contribution in [3.05, 3.63) is 52.6 Å². The Morgan fingerprint density at radius 3 is 2.69 bits per heavy atom. The number of benzene rings is 1. The third-order valence-corrected chi connectivity index (χ3v) is 5.27. The summed E-state index contributed by atoms with van der Waals surface area (Å²) in [4.78, 5) is 15.0. The van der Waals surface area contributed by atoms with Crippen molar-refractivity contribution >= 4 is 17.4 Å². The Hall–Kier alpha value is -3.02. The van der Waals surface area contributed by atoms with Crippen LogP contribution in [-0.2, 0) is 19.3 Å². The van der Waals surface area contributed by atoms with Gasteiger partial charge in [0.05, 0.1) is 10.9 Å². The van der Waals surface area contributed by atoms with Crippen LogP contribution in [0.1, 0.15) is 40.0 Å². The predicted octanol–water partition coefficient (Wildman–Crippen LogP) is 2.94. The molecule has 4 rings (SSSR count). The Balaban J connectivity index is 1.52. The predicted molar refractivity (Wildman–Crippen MR) is 95.2 cm³/mol. The quantitative estimate of drug-likeness (QED) is 0.640. The van der Waals surface area contributed by atoms with Crippen LogP contribution in [0.3, 0.4) is 0 Å². The van der Waals surface area contributed by atoms with Crippen LogP contribution in [0.5, 0.6) is 5.75 Å². The van der Waals surface area contributed by atoms with E-state index in [9.17, 15) is 18.0 Å². The lowest BCUT2D eigenvalue weighted by atomic mass is 10.2. The van der Waals surface area contributed by atoms with Crippen LogP contribution in [0, 0.1) is 0 Å². The minimum Gasteiger partial charge on any atom is -0.488 e. The average molecular weight is 424 g/mol. The van der Waals surface area contributed by atoms with E-state index in [2.05, 4.69) is 19.8 Å². The van der Waals surface area contributed by atoms with Gasteiger partial charge in [0, 0.05) is 13.1 Å². The lowest BCUT2D eigenvalue weighted by Crippen LogP contribution is -2.42. The molecule has 1 aliphatic heterocycles. The SMILES string of the molecule is CC1c2nnc(C(F)(F)F)n2CCN1C(=O)c1nnsc1COc1ccccc1. The van der Waals surface area contributed by atoms with Crippen LogP contribution in [0.15, 0.2) is 30.3 Å². The number of para-hydroxylation sites is 1. The van der Waals surface area contributed by atoms with Crippen LogP contribution in [0.2, 0.25) is 0 Å². The molecule has 12 heteroatoms. The molecule has 0 radical (unpaired) electrons. The van der Waals surface area contributed by atoms with Crippen molar-refractivity contribution in [2.24, 2.45) is 0 Å². The highest BCUT2D eigenvalue weighted by Crippen LogP contribution is 2.33. The summed E-state index contributed by atoms with van der Waals surface area (Å²) in [6.45, 7) is 1.74. The molecule has 0 spiro atoms. The molecule has 2 aromatic heterocycles. The van der Waals surface area contributed by atoms with Gasteiger partial charge in [0.1, 0.15) is 12.4 Å². The molecule has 152 valence electrons. The van der Waals surface area contributed by atoms with Gasteiger partial charge in [-0.25, -0.2) is 0 Å². The largest absolute Gasteiger partial charge is 0.488 e. The Morgan fingerprint density at radius 2 is 1.97 bits per heavy atom. The van der Waals surface area contributed by atoms with Crippen molar-refractivity contribution < 1.29 is 22.7 Å². The molecule has 29 heavy (non-hydrogen) atoms. The molecule has 1 amide bonds. The molecule has 1 aliphatic rings. The van der Waals surface area contributed by atoms with Crippen molar-refractivity contribution in [1.82, 2.24) is 29.3 Å². The van der Waals surface area contributed by atoms with Crippen LogP contribution in [0.25, 0.3) is 0 Å². The van der Waals surface area contributed by atoms with Crippen molar-refractivity contribution in [3.63, 3.8) is 0 Å².